The van der Waals surface area contributed by atoms with Crippen LogP contribution in [0.4, 0.5) is 0 Å². The number of aromatic nitrogens is 2. The molecule has 0 radical (unpaired) electrons. The maximum Gasteiger partial charge on any atom is 0.275 e. The highest BCUT2D eigenvalue weighted by molar-refractivity contribution is 7.99. The fourth-order valence-electron chi connectivity index (χ4n) is 2.47. The van der Waals surface area contributed by atoms with Crippen LogP contribution in [0.25, 0.3) is 5.69 Å². The summed E-state index contributed by atoms with van der Waals surface area (Å²) in [5, 5.41) is 7.04. The molecule has 0 fully saturated rings. The van der Waals surface area contributed by atoms with Gasteiger partial charge < -0.3 is 5.32 Å². The number of hydrogen-bond donors (Lipinski definition) is 1. The van der Waals surface area contributed by atoms with Crippen LogP contribution < -0.4 is 10.7 Å². The number of benzene rings is 2. The van der Waals surface area contributed by atoms with Gasteiger partial charge >= 0.3 is 0 Å². The van der Waals surface area contributed by atoms with Gasteiger partial charge in [-0.3, -0.25) is 9.59 Å². The Balaban J connectivity index is 1.68. The Morgan fingerprint density at radius 2 is 1.73 bits per heavy atom. The topological polar surface area (TPSA) is 64.0 Å². The highest BCUT2D eigenvalue weighted by Crippen LogP contribution is 2.15. The lowest BCUT2D eigenvalue weighted by Crippen LogP contribution is -2.33. The molecule has 0 bridgehead atoms. The van der Waals surface area contributed by atoms with Crippen LogP contribution in [0.15, 0.2) is 76.4 Å². The Hall–Kier alpha value is -2.86. The average molecular weight is 365 g/mol. The molecule has 1 N–H and O–H groups in total. The van der Waals surface area contributed by atoms with E-state index in [-0.39, 0.29) is 11.1 Å². The Morgan fingerprint density at radius 3 is 2.42 bits per heavy atom. The van der Waals surface area contributed by atoms with Crippen molar-refractivity contribution in [1.82, 2.24) is 15.1 Å². The summed E-state index contributed by atoms with van der Waals surface area (Å²) in [4.78, 5) is 25.7. The van der Waals surface area contributed by atoms with Crippen molar-refractivity contribution < 1.29 is 4.79 Å². The number of nitrogens with one attached hydrogen (secondary N) is 1. The lowest BCUT2D eigenvalue weighted by molar-refractivity contribution is 0.0948. The average Bonchev–Trinajstić information content (AvgIpc) is 2.67. The van der Waals surface area contributed by atoms with Crippen LogP contribution in [0.2, 0.25) is 0 Å². The van der Waals surface area contributed by atoms with Crippen molar-refractivity contribution in [3.63, 3.8) is 0 Å². The van der Waals surface area contributed by atoms with Gasteiger partial charge in [0.15, 0.2) is 5.69 Å². The van der Waals surface area contributed by atoms with E-state index >= 15 is 0 Å². The van der Waals surface area contributed by atoms with Crippen LogP contribution >= 0.6 is 11.8 Å². The molecule has 6 heteroatoms. The Labute approximate surface area is 156 Å². The number of rotatable bonds is 6. The maximum atomic E-state index is 12.4. The van der Waals surface area contributed by atoms with E-state index < -0.39 is 5.91 Å². The molecule has 0 saturated heterocycles. The van der Waals surface area contributed by atoms with E-state index in [1.165, 1.54) is 6.07 Å². The van der Waals surface area contributed by atoms with Crippen molar-refractivity contribution >= 4 is 17.7 Å². The molecule has 0 spiro atoms. The van der Waals surface area contributed by atoms with Gasteiger partial charge in [0.25, 0.3) is 5.91 Å². The zero-order chi connectivity index (χ0) is 18.4. The molecule has 3 rings (SSSR count). The molecule has 1 amide bonds. The second-order valence-corrected chi connectivity index (χ2v) is 6.83. The predicted octanol–water partition coefficient (Wildman–Crippen LogP) is 3.06. The summed E-state index contributed by atoms with van der Waals surface area (Å²) >= 11 is 1.65. The minimum absolute atomic E-state index is 0.0934. The molecular weight excluding hydrogens is 346 g/mol. The summed E-state index contributed by atoms with van der Waals surface area (Å²) in [5.41, 5.74) is 1.02. The SMILES string of the molecule is Cc1cc(=O)c(C(=O)NCCSc2ccccc2)nn1-c1ccccc1. The zero-order valence-electron chi connectivity index (χ0n) is 14.4. The van der Waals surface area contributed by atoms with Gasteiger partial charge in [0.2, 0.25) is 5.43 Å². The quantitative estimate of drug-likeness (QED) is 0.539. The van der Waals surface area contributed by atoms with Gasteiger partial charge in [-0.25, -0.2) is 4.68 Å². The first kappa shape index (κ1) is 17.9. The summed E-state index contributed by atoms with van der Waals surface area (Å²) in [5.74, 6) is 0.266. The first-order chi connectivity index (χ1) is 12.6. The van der Waals surface area contributed by atoms with Gasteiger partial charge in [-0.1, -0.05) is 36.4 Å². The normalized spacial score (nSPS) is 10.5. The third-order valence-corrected chi connectivity index (χ3v) is 4.74. The van der Waals surface area contributed by atoms with Crippen molar-refractivity contribution in [2.75, 3.05) is 12.3 Å². The van der Waals surface area contributed by atoms with Crippen LogP contribution in [-0.2, 0) is 0 Å². The Morgan fingerprint density at radius 1 is 1.08 bits per heavy atom. The first-order valence-electron chi connectivity index (χ1n) is 8.27. The number of carbonyl (C=O) groups is 1. The van der Waals surface area contributed by atoms with Crippen molar-refractivity contribution in [2.24, 2.45) is 0 Å². The molecule has 1 heterocycles. The van der Waals surface area contributed by atoms with Crippen molar-refractivity contribution in [3.05, 3.63) is 88.3 Å². The predicted molar refractivity (Wildman–Crippen MR) is 104 cm³/mol. The fraction of sp³-hybridized carbons (Fsp3) is 0.150. The molecule has 0 unspecified atom stereocenters. The fourth-order valence-corrected chi connectivity index (χ4v) is 3.26. The van der Waals surface area contributed by atoms with E-state index in [1.54, 1.807) is 23.4 Å². The van der Waals surface area contributed by atoms with Crippen molar-refractivity contribution in [2.45, 2.75) is 11.8 Å². The van der Waals surface area contributed by atoms with Crippen LogP contribution in [-0.4, -0.2) is 28.0 Å². The van der Waals surface area contributed by atoms with Crippen LogP contribution in [0.1, 0.15) is 16.2 Å². The van der Waals surface area contributed by atoms with Crippen molar-refractivity contribution in [3.8, 4) is 5.69 Å². The lowest BCUT2D eigenvalue weighted by atomic mass is 10.2. The highest BCUT2D eigenvalue weighted by Gasteiger charge is 2.14. The van der Waals surface area contributed by atoms with E-state index in [9.17, 15) is 9.59 Å². The number of thioether (sulfide) groups is 1. The van der Waals surface area contributed by atoms with Gasteiger partial charge in [0.05, 0.1) is 5.69 Å². The lowest BCUT2D eigenvalue weighted by Gasteiger charge is -2.11. The van der Waals surface area contributed by atoms with Gasteiger partial charge in [0, 0.05) is 29.0 Å². The molecule has 0 aliphatic carbocycles. The van der Waals surface area contributed by atoms with Crippen molar-refractivity contribution in [1.29, 1.82) is 0 Å². The minimum atomic E-state index is -0.451. The number of para-hydroxylation sites is 1. The van der Waals surface area contributed by atoms with Gasteiger partial charge in [-0.05, 0) is 31.2 Å². The molecule has 132 valence electrons. The molecule has 3 aromatic rings. The first-order valence-corrected chi connectivity index (χ1v) is 9.26. The number of nitrogens with zero attached hydrogens (tertiary/aromatic N) is 2. The molecule has 0 atom stereocenters. The summed E-state index contributed by atoms with van der Waals surface area (Å²) in [7, 11) is 0. The number of hydrogen-bond acceptors (Lipinski definition) is 4. The largest absolute Gasteiger partial charge is 0.350 e. The van der Waals surface area contributed by atoms with Gasteiger partial charge in [0.1, 0.15) is 0 Å². The zero-order valence-corrected chi connectivity index (χ0v) is 15.2. The second-order valence-electron chi connectivity index (χ2n) is 5.66. The highest BCUT2D eigenvalue weighted by atomic mass is 32.2. The van der Waals surface area contributed by atoms with Crippen LogP contribution in [0, 0.1) is 6.92 Å². The molecule has 5 nitrogen and oxygen atoms in total. The number of carbonyl (C=O) groups excluding carboxylic acids is 1. The van der Waals surface area contributed by atoms with E-state index in [0.29, 0.717) is 18.0 Å². The monoisotopic (exact) mass is 365 g/mol. The molecule has 0 saturated carbocycles. The van der Waals surface area contributed by atoms with Crippen LogP contribution in [0.5, 0.6) is 0 Å². The second kappa shape index (κ2) is 8.49. The summed E-state index contributed by atoms with van der Waals surface area (Å²) in [6.07, 6.45) is 0. The van der Waals surface area contributed by atoms with E-state index in [2.05, 4.69) is 10.4 Å². The standard InChI is InChI=1S/C20H19N3O2S/c1-15-14-18(24)19(22-23(15)16-8-4-2-5-9-16)20(25)21-12-13-26-17-10-6-3-7-11-17/h2-11,14H,12-13H2,1H3,(H,21,25). The molecule has 1 aromatic heterocycles. The third-order valence-electron chi connectivity index (χ3n) is 3.72. The third kappa shape index (κ3) is 4.40. The Bertz CT molecular complexity index is 940. The number of aryl methyl sites for hydroxylation is 1. The summed E-state index contributed by atoms with van der Waals surface area (Å²) in [6.45, 7) is 2.25. The van der Waals surface area contributed by atoms with Gasteiger partial charge in [-0.15, -0.1) is 11.8 Å². The van der Waals surface area contributed by atoms with E-state index in [0.717, 1.165) is 10.6 Å². The molecular formula is C20H19N3O2S. The molecule has 0 aliphatic rings. The minimum Gasteiger partial charge on any atom is -0.350 e. The summed E-state index contributed by atoms with van der Waals surface area (Å²) < 4.78 is 1.61. The Kier molecular flexibility index (Phi) is 5.86. The van der Waals surface area contributed by atoms with Crippen LogP contribution in [0.3, 0.4) is 0 Å². The van der Waals surface area contributed by atoms with E-state index in [4.69, 9.17) is 0 Å². The maximum absolute atomic E-state index is 12.4. The molecule has 2 aromatic carbocycles. The summed E-state index contributed by atoms with van der Waals surface area (Å²) in [6, 6.07) is 20.8. The van der Waals surface area contributed by atoms with E-state index in [1.807, 2.05) is 60.7 Å². The smallest absolute Gasteiger partial charge is 0.275 e. The number of amides is 1. The van der Waals surface area contributed by atoms with Gasteiger partial charge in [-0.2, -0.15) is 5.10 Å². The molecule has 0 aliphatic heterocycles. The molecule has 26 heavy (non-hydrogen) atoms.